The number of ether oxygens (including phenoxy) is 1. The van der Waals surface area contributed by atoms with Gasteiger partial charge in [-0.3, -0.25) is 4.98 Å². The Morgan fingerprint density at radius 1 is 1.35 bits per heavy atom. The number of methoxy groups -OCH3 is 1. The van der Waals surface area contributed by atoms with Gasteiger partial charge in [-0.05, 0) is 37.4 Å². The third kappa shape index (κ3) is 4.20. The summed E-state index contributed by atoms with van der Waals surface area (Å²) in [6, 6.07) is 4.26. The lowest BCUT2D eigenvalue weighted by molar-refractivity contribution is 0.310. The van der Waals surface area contributed by atoms with E-state index in [-0.39, 0.29) is 0 Å². The van der Waals surface area contributed by atoms with Crippen molar-refractivity contribution in [2.24, 2.45) is 5.92 Å². The summed E-state index contributed by atoms with van der Waals surface area (Å²) in [5.74, 6) is 1.82. The number of hydrogen-bond donors (Lipinski definition) is 1. The summed E-state index contributed by atoms with van der Waals surface area (Å²) in [6.45, 7) is 3.12. The van der Waals surface area contributed by atoms with Gasteiger partial charge in [0.2, 0.25) is 0 Å². The first kappa shape index (κ1) is 15.3. The second kappa shape index (κ2) is 8.25. The molecule has 0 amide bonds. The van der Waals surface area contributed by atoms with Crippen LogP contribution in [0.25, 0.3) is 0 Å². The predicted molar refractivity (Wildman–Crippen MR) is 83.0 cm³/mol. The van der Waals surface area contributed by atoms with Crippen molar-refractivity contribution in [2.45, 2.75) is 57.9 Å². The maximum absolute atomic E-state index is 5.46. The minimum Gasteiger partial charge on any atom is -0.495 e. The molecule has 0 radical (unpaired) electrons. The average molecular weight is 276 g/mol. The van der Waals surface area contributed by atoms with Crippen molar-refractivity contribution < 1.29 is 4.74 Å². The lowest BCUT2D eigenvalue weighted by atomic mass is 9.85. The van der Waals surface area contributed by atoms with Gasteiger partial charge < -0.3 is 10.1 Å². The minimum atomic E-state index is 0.318. The molecule has 3 heteroatoms. The SMILES string of the molecule is CCNC(CCC1CCCCC1)c1ncccc1OC. The standard InChI is InChI=1S/C17H28N2O/c1-3-18-15(12-11-14-8-5-4-6-9-14)17-16(20-2)10-7-13-19-17/h7,10,13-15,18H,3-6,8-9,11-12H2,1-2H3. The molecule has 1 aliphatic rings. The smallest absolute Gasteiger partial charge is 0.141 e. The molecule has 0 aliphatic heterocycles. The Hall–Kier alpha value is -1.09. The third-order valence-electron chi connectivity index (χ3n) is 4.39. The van der Waals surface area contributed by atoms with Crippen LogP contribution in [0.4, 0.5) is 0 Å². The molecule has 3 nitrogen and oxygen atoms in total. The second-order valence-corrected chi connectivity index (χ2v) is 5.78. The number of pyridine rings is 1. The van der Waals surface area contributed by atoms with Crippen LogP contribution < -0.4 is 10.1 Å². The van der Waals surface area contributed by atoms with E-state index in [4.69, 9.17) is 4.74 Å². The van der Waals surface area contributed by atoms with Crippen LogP contribution in [0.15, 0.2) is 18.3 Å². The van der Waals surface area contributed by atoms with Gasteiger partial charge in [0.1, 0.15) is 5.75 Å². The first-order valence-corrected chi connectivity index (χ1v) is 8.07. The molecular formula is C17H28N2O. The van der Waals surface area contributed by atoms with Gasteiger partial charge in [0.15, 0.2) is 0 Å². The van der Waals surface area contributed by atoms with Crippen LogP contribution in [-0.2, 0) is 0 Å². The highest BCUT2D eigenvalue weighted by Crippen LogP contribution is 2.32. The van der Waals surface area contributed by atoms with Gasteiger partial charge in [0.25, 0.3) is 0 Å². The summed E-state index contributed by atoms with van der Waals surface area (Å²) in [5, 5.41) is 3.57. The Kier molecular flexibility index (Phi) is 6.31. The monoisotopic (exact) mass is 276 g/mol. The lowest BCUT2D eigenvalue weighted by Gasteiger charge is -2.25. The Morgan fingerprint density at radius 3 is 2.85 bits per heavy atom. The van der Waals surface area contributed by atoms with Gasteiger partial charge in [-0.2, -0.15) is 0 Å². The van der Waals surface area contributed by atoms with Gasteiger partial charge in [0.05, 0.1) is 18.8 Å². The fourth-order valence-electron chi connectivity index (χ4n) is 3.30. The predicted octanol–water partition coefficient (Wildman–Crippen LogP) is 4.10. The summed E-state index contributed by atoms with van der Waals surface area (Å²) < 4.78 is 5.46. The van der Waals surface area contributed by atoms with E-state index in [0.29, 0.717) is 6.04 Å². The molecule has 1 N–H and O–H groups in total. The van der Waals surface area contributed by atoms with Crippen molar-refractivity contribution in [3.05, 3.63) is 24.0 Å². The minimum absolute atomic E-state index is 0.318. The van der Waals surface area contributed by atoms with Gasteiger partial charge in [-0.1, -0.05) is 39.0 Å². The molecule has 1 atom stereocenters. The molecule has 112 valence electrons. The van der Waals surface area contributed by atoms with E-state index in [1.807, 2.05) is 18.3 Å². The summed E-state index contributed by atoms with van der Waals surface area (Å²) in [5.41, 5.74) is 1.06. The van der Waals surface area contributed by atoms with Crippen LogP contribution in [-0.4, -0.2) is 18.6 Å². The van der Waals surface area contributed by atoms with Gasteiger partial charge in [-0.25, -0.2) is 0 Å². The molecule has 1 heterocycles. The van der Waals surface area contributed by atoms with Crippen LogP contribution in [0.3, 0.4) is 0 Å². The number of nitrogens with one attached hydrogen (secondary N) is 1. The van der Waals surface area contributed by atoms with E-state index in [9.17, 15) is 0 Å². The largest absolute Gasteiger partial charge is 0.495 e. The summed E-state index contributed by atoms with van der Waals surface area (Å²) in [4.78, 5) is 4.54. The molecule has 0 bridgehead atoms. The summed E-state index contributed by atoms with van der Waals surface area (Å²) in [7, 11) is 1.73. The first-order valence-electron chi connectivity index (χ1n) is 8.07. The Bertz CT molecular complexity index is 388. The molecule has 1 aliphatic carbocycles. The van der Waals surface area contributed by atoms with E-state index >= 15 is 0 Å². The van der Waals surface area contributed by atoms with Gasteiger partial charge in [-0.15, -0.1) is 0 Å². The molecule has 1 saturated carbocycles. The highest BCUT2D eigenvalue weighted by Gasteiger charge is 2.20. The van der Waals surface area contributed by atoms with Crippen LogP contribution >= 0.6 is 0 Å². The second-order valence-electron chi connectivity index (χ2n) is 5.78. The lowest BCUT2D eigenvalue weighted by Crippen LogP contribution is -2.23. The topological polar surface area (TPSA) is 34.2 Å². The van der Waals surface area contributed by atoms with E-state index in [2.05, 4.69) is 17.2 Å². The molecule has 1 aromatic rings. The van der Waals surface area contributed by atoms with Crippen LogP contribution in [0.5, 0.6) is 5.75 Å². The zero-order chi connectivity index (χ0) is 14.2. The van der Waals surface area contributed by atoms with Gasteiger partial charge >= 0.3 is 0 Å². The van der Waals surface area contributed by atoms with Crippen molar-refractivity contribution in [1.82, 2.24) is 10.3 Å². The fourth-order valence-corrected chi connectivity index (χ4v) is 3.30. The van der Waals surface area contributed by atoms with E-state index in [1.165, 1.54) is 38.5 Å². The van der Waals surface area contributed by atoms with Crippen LogP contribution in [0, 0.1) is 5.92 Å². The fraction of sp³-hybridized carbons (Fsp3) is 0.706. The van der Waals surface area contributed by atoms with Crippen molar-refractivity contribution in [1.29, 1.82) is 0 Å². The molecule has 1 fully saturated rings. The molecular weight excluding hydrogens is 248 g/mol. The highest BCUT2D eigenvalue weighted by atomic mass is 16.5. The molecule has 0 spiro atoms. The Morgan fingerprint density at radius 2 is 2.15 bits per heavy atom. The van der Waals surface area contributed by atoms with E-state index < -0.39 is 0 Å². The normalized spacial score (nSPS) is 17.9. The molecule has 0 aromatic carbocycles. The zero-order valence-electron chi connectivity index (χ0n) is 12.9. The number of hydrogen-bond acceptors (Lipinski definition) is 3. The molecule has 2 rings (SSSR count). The van der Waals surface area contributed by atoms with Crippen molar-refractivity contribution in [3.8, 4) is 5.75 Å². The maximum Gasteiger partial charge on any atom is 0.141 e. The summed E-state index contributed by atoms with van der Waals surface area (Å²) >= 11 is 0. The Labute approximate surface area is 123 Å². The first-order chi connectivity index (χ1) is 9.85. The Balaban J connectivity index is 1.98. The third-order valence-corrected chi connectivity index (χ3v) is 4.39. The van der Waals surface area contributed by atoms with E-state index in [1.54, 1.807) is 7.11 Å². The molecule has 20 heavy (non-hydrogen) atoms. The van der Waals surface area contributed by atoms with E-state index in [0.717, 1.165) is 30.3 Å². The van der Waals surface area contributed by atoms with Crippen molar-refractivity contribution in [3.63, 3.8) is 0 Å². The average Bonchev–Trinajstić information content (AvgIpc) is 2.52. The molecule has 1 unspecified atom stereocenters. The number of rotatable bonds is 7. The maximum atomic E-state index is 5.46. The summed E-state index contributed by atoms with van der Waals surface area (Å²) in [6.07, 6.45) is 11.4. The van der Waals surface area contributed by atoms with Gasteiger partial charge in [0, 0.05) is 6.20 Å². The molecule has 1 aromatic heterocycles. The van der Waals surface area contributed by atoms with Crippen LogP contribution in [0.2, 0.25) is 0 Å². The number of nitrogens with zero attached hydrogens (tertiary/aromatic N) is 1. The van der Waals surface area contributed by atoms with Crippen molar-refractivity contribution >= 4 is 0 Å². The van der Waals surface area contributed by atoms with Crippen LogP contribution in [0.1, 0.15) is 63.6 Å². The number of aromatic nitrogens is 1. The highest BCUT2D eigenvalue weighted by molar-refractivity contribution is 5.29. The van der Waals surface area contributed by atoms with Crippen molar-refractivity contribution in [2.75, 3.05) is 13.7 Å². The molecule has 0 saturated heterocycles. The zero-order valence-corrected chi connectivity index (χ0v) is 12.9. The quantitative estimate of drug-likeness (QED) is 0.814.